The van der Waals surface area contributed by atoms with Gasteiger partial charge in [0.25, 0.3) is 0 Å². The molecule has 1 heterocycles. The van der Waals surface area contributed by atoms with Crippen LogP contribution in [0.1, 0.15) is 48.0 Å². The third-order valence-electron chi connectivity index (χ3n) is 3.99. The summed E-state index contributed by atoms with van der Waals surface area (Å²) in [5.74, 6) is 0.776. The first-order valence-electron chi connectivity index (χ1n) is 6.01. The van der Waals surface area contributed by atoms with Crippen molar-refractivity contribution < 1.29 is 14.6 Å². The molecule has 0 aliphatic heterocycles. The molecule has 92 valence electrons. The number of carbonyl (C=O) groups is 1. The Hall–Kier alpha value is -1.36. The molecule has 0 amide bonds. The van der Waals surface area contributed by atoms with E-state index in [-0.39, 0.29) is 19.1 Å². The highest BCUT2D eigenvalue weighted by molar-refractivity contribution is 5.69. The topological polar surface area (TPSA) is 64.4 Å². The molecule has 0 spiro atoms. The van der Waals surface area contributed by atoms with Crippen molar-refractivity contribution in [3.05, 3.63) is 17.0 Å². The van der Waals surface area contributed by atoms with Crippen LogP contribution in [0, 0.1) is 0 Å². The van der Waals surface area contributed by atoms with E-state index in [2.05, 4.69) is 9.84 Å². The molecule has 5 nitrogen and oxygen atoms in total. The number of carbonyl (C=O) groups excluding carboxylic acids is 1. The van der Waals surface area contributed by atoms with Crippen LogP contribution in [-0.4, -0.2) is 28.0 Å². The molecule has 0 radical (unpaired) electrons. The van der Waals surface area contributed by atoms with Crippen LogP contribution in [0.5, 0.6) is 0 Å². The van der Waals surface area contributed by atoms with Crippen LogP contribution >= 0.6 is 0 Å². The van der Waals surface area contributed by atoms with Crippen molar-refractivity contribution in [1.29, 1.82) is 0 Å². The molecule has 2 aliphatic carbocycles. The van der Waals surface area contributed by atoms with Crippen molar-refractivity contribution in [2.75, 3.05) is 7.11 Å². The van der Waals surface area contributed by atoms with Crippen LogP contribution in [0.3, 0.4) is 0 Å². The van der Waals surface area contributed by atoms with Crippen molar-refractivity contribution >= 4 is 5.97 Å². The molecule has 2 atom stereocenters. The summed E-state index contributed by atoms with van der Waals surface area (Å²) < 4.78 is 6.41. The van der Waals surface area contributed by atoms with Crippen LogP contribution in [0.2, 0.25) is 0 Å². The molecule has 3 rings (SSSR count). The zero-order chi connectivity index (χ0) is 12.0. The van der Waals surface area contributed by atoms with Gasteiger partial charge in [-0.3, -0.25) is 9.48 Å². The van der Waals surface area contributed by atoms with E-state index in [4.69, 9.17) is 0 Å². The number of aromatic nitrogens is 2. The molecule has 17 heavy (non-hydrogen) atoms. The van der Waals surface area contributed by atoms with Crippen LogP contribution < -0.4 is 0 Å². The number of hydrogen-bond acceptors (Lipinski definition) is 4. The van der Waals surface area contributed by atoms with E-state index < -0.39 is 0 Å². The number of aliphatic hydroxyl groups excluding tert-OH is 1. The van der Waals surface area contributed by atoms with E-state index in [9.17, 15) is 9.90 Å². The number of aliphatic hydroxyl groups is 1. The number of esters is 1. The smallest absolute Gasteiger partial charge is 0.327 e. The first-order chi connectivity index (χ1) is 8.24. The SMILES string of the molecule is COC(=O)Cn1nc(CO)c2c1C1CCC2C1. The molecule has 2 bridgehead atoms. The number of methoxy groups -OCH3 is 1. The second-order valence-electron chi connectivity index (χ2n) is 4.84. The van der Waals surface area contributed by atoms with Crippen molar-refractivity contribution in [3.8, 4) is 0 Å². The van der Waals surface area contributed by atoms with Gasteiger partial charge in [-0.25, -0.2) is 0 Å². The molecule has 2 aliphatic rings. The van der Waals surface area contributed by atoms with Gasteiger partial charge in [0.1, 0.15) is 6.54 Å². The zero-order valence-electron chi connectivity index (χ0n) is 9.85. The summed E-state index contributed by atoms with van der Waals surface area (Å²) in [6, 6.07) is 0. The number of nitrogens with zero attached hydrogens (tertiary/aromatic N) is 2. The minimum absolute atomic E-state index is 0.0419. The number of fused-ring (bicyclic) bond motifs is 5. The van der Waals surface area contributed by atoms with E-state index in [1.165, 1.54) is 25.5 Å². The third-order valence-corrected chi connectivity index (χ3v) is 3.99. The van der Waals surface area contributed by atoms with Crippen LogP contribution in [0.25, 0.3) is 0 Å². The third kappa shape index (κ3) is 1.49. The van der Waals surface area contributed by atoms with Crippen molar-refractivity contribution in [3.63, 3.8) is 0 Å². The fourth-order valence-corrected chi connectivity index (χ4v) is 3.33. The van der Waals surface area contributed by atoms with E-state index >= 15 is 0 Å². The summed E-state index contributed by atoms with van der Waals surface area (Å²) in [7, 11) is 1.38. The van der Waals surface area contributed by atoms with Gasteiger partial charge in [-0.2, -0.15) is 5.10 Å². The lowest BCUT2D eigenvalue weighted by Gasteiger charge is -2.13. The van der Waals surface area contributed by atoms with Crippen LogP contribution in [0.15, 0.2) is 0 Å². The Labute approximate surface area is 99.4 Å². The van der Waals surface area contributed by atoms with Crippen molar-refractivity contribution in [2.24, 2.45) is 0 Å². The molecule has 1 aromatic rings. The molecule has 2 unspecified atom stereocenters. The highest BCUT2D eigenvalue weighted by atomic mass is 16.5. The molecule has 1 fully saturated rings. The first kappa shape index (κ1) is 10.8. The maximum absolute atomic E-state index is 11.3. The lowest BCUT2D eigenvalue weighted by atomic mass is 9.95. The minimum Gasteiger partial charge on any atom is -0.468 e. The summed E-state index contributed by atoms with van der Waals surface area (Å²) >= 11 is 0. The van der Waals surface area contributed by atoms with Gasteiger partial charge >= 0.3 is 5.97 Å². The lowest BCUT2D eigenvalue weighted by Crippen LogP contribution is -2.16. The Morgan fingerprint density at radius 2 is 2.29 bits per heavy atom. The summed E-state index contributed by atoms with van der Waals surface area (Å²) in [4.78, 5) is 11.3. The predicted molar refractivity (Wildman–Crippen MR) is 59.5 cm³/mol. The first-order valence-corrected chi connectivity index (χ1v) is 6.01. The Bertz CT molecular complexity index is 467. The molecule has 1 N–H and O–H groups in total. The van der Waals surface area contributed by atoms with Gasteiger partial charge in [-0.05, 0) is 25.2 Å². The standard InChI is InChI=1S/C12H16N2O3/c1-17-10(16)5-14-12-8-3-2-7(4-8)11(12)9(6-15)13-14/h7-8,15H,2-6H2,1H3. The summed E-state index contributed by atoms with van der Waals surface area (Å²) in [5.41, 5.74) is 3.11. The Morgan fingerprint density at radius 3 is 3.00 bits per heavy atom. The van der Waals surface area contributed by atoms with Gasteiger partial charge in [-0.1, -0.05) is 0 Å². The largest absolute Gasteiger partial charge is 0.468 e. The molecule has 1 saturated carbocycles. The summed E-state index contributed by atoms with van der Waals surface area (Å²) in [5, 5.41) is 13.7. The number of ether oxygens (including phenoxy) is 1. The molecular formula is C12H16N2O3. The van der Waals surface area contributed by atoms with E-state index in [0.717, 1.165) is 17.8 Å². The fourth-order valence-electron chi connectivity index (χ4n) is 3.33. The number of hydrogen-bond donors (Lipinski definition) is 1. The van der Waals surface area contributed by atoms with Crippen LogP contribution in [-0.2, 0) is 22.7 Å². The minimum atomic E-state index is -0.289. The fraction of sp³-hybridized carbons (Fsp3) is 0.667. The Kier molecular flexibility index (Phi) is 2.43. The molecule has 1 aromatic heterocycles. The summed E-state index contributed by atoms with van der Waals surface area (Å²) in [6.07, 6.45) is 3.52. The zero-order valence-corrected chi connectivity index (χ0v) is 9.85. The van der Waals surface area contributed by atoms with Gasteiger partial charge < -0.3 is 9.84 Å². The van der Waals surface area contributed by atoms with Gasteiger partial charge in [0.2, 0.25) is 0 Å². The van der Waals surface area contributed by atoms with Crippen molar-refractivity contribution in [2.45, 2.75) is 44.2 Å². The molecule has 0 aromatic carbocycles. The monoisotopic (exact) mass is 236 g/mol. The van der Waals surface area contributed by atoms with Crippen molar-refractivity contribution in [1.82, 2.24) is 9.78 Å². The maximum Gasteiger partial charge on any atom is 0.327 e. The second kappa shape index (κ2) is 3.84. The highest BCUT2D eigenvalue weighted by Gasteiger charge is 2.42. The Balaban J connectivity index is 2.01. The van der Waals surface area contributed by atoms with Crippen LogP contribution in [0.4, 0.5) is 0 Å². The van der Waals surface area contributed by atoms with Gasteiger partial charge in [0.15, 0.2) is 0 Å². The average Bonchev–Trinajstić information content (AvgIpc) is 3.00. The molecule has 5 heteroatoms. The van der Waals surface area contributed by atoms with Gasteiger partial charge in [0, 0.05) is 17.2 Å². The average molecular weight is 236 g/mol. The second-order valence-corrected chi connectivity index (χ2v) is 4.84. The lowest BCUT2D eigenvalue weighted by molar-refractivity contribution is -0.141. The summed E-state index contributed by atoms with van der Waals surface area (Å²) in [6.45, 7) is 0.113. The quantitative estimate of drug-likeness (QED) is 0.792. The van der Waals surface area contributed by atoms with E-state index in [0.29, 0.717) is 11.8 Å². The number of rotatable bonds is 3. The molecule has 0 saturated heterocycles. The normalized spacial score (nSPS) is 25.1. The Morgan fingerprint density at radius 1 is 1.53 bits per heavy atom. The van der Waals surface area contributed by atoms with E-state index in [1.807, 2.05) is 0 Å². The van der Waals surface area contributed by atoms with Gasteiger partial charge in [-0.15, -0.1) is 0 Å². The van der Waals surface area contributed by atoms with Gasteiger partial charge in [0.05, 0.1) is 19.4 Å². The predicted octanol–water partition coefficient (Wildman–Crippen LogP) is 0.913. The van der Waals surface area contributed by atoms with E-state index in [1.54, 1.807) is 4.68 Å². The maximum atomic E-state index is 11.3. The highest BCUT2D eigenvalue weighted by Crippen LogP contribution is 2.54. The molecular weight excluding hydrogens is 220 g/mol.